The van der Waals surface area contributed by atoms with Crippen molar-refractivity contribution >= 4 is 17.2 Å². The zero-order valence-corrected chi connectivity index (χ0v) is 10.7. The van der Waals surface area contributed by atoms with Gasteiger partial charge in [-0.2, -0.15) is 0 Å². The van der Waals surface area contributed by atoms with Crippen LogP contribution in [0.25, 0.3) is 0 Å². The third-order valence-corrected chi connectivity index (χ3v) is 3.90. The Kier molecular flexibility index (Phi) is 3.25. The third kappa shape index (κ3) is 1.85. The molecule has 0 saturated carbocycles. The van der Waals surface area contributed by atoms with E-state index < -0.39 is 0 Å². The lowest BCUT2D eigenvalue weighted by Crippen LogP contribution is -2.42. The van der Waals surface area contributed by atoms with E-state index in [1.54, 1.807) is 11.3 Å². The van der Waals surface area contributed by atoms with Crippen LogP contribution in [0.5, 0.6) is 0 Å². The molecule has 1 aliphatic heterocycles. The molecule has 1 aromatic rings. The van der Waals surface area contributed by atoms with Crippen LogP contribution in [-0.4, -0.2) is 35.4 Å². The molecule has 1 unspecified atom stereocenters. The average molecular weight is 239 g/mol. The van der Waals surface area contributed by atoms with Gasteiger partial charge in [-0.05, 0) is 20.9 Å². The first kappa shape index (κ1) is 11.5. The number of aromatic nitrogens is 1. The Morgan fingerprint density at radius 2 is 2.38 bits per heavy atom. The number of carbonyl (C=O) groups is 1. The summed E-state index contributed by atoms with van der Waals surface area (Å²) in [4.78, 5) is 19.7. The fourth-order valence-corrected chi connectivity index (χ4v) is 3.02. The van der Waals surface area contributed by atoms with Crippen molar-refractivity contribution in [3.05, 3.63) is 16.1 Å². The maximum atomic E-state index is 12.3. The summed E-state index contributed by atoms with van der Waals surface area (Å²) in [5, 5.41) is 3.10. The van der Waals surface area contributed by atoms with Crippen molar-refractivity contribution in [1.29, 1.82) is 0 Å². The number of carbonyl (C=O) groups excluding carboxylic acids is 1. The van der Waals surface area contributed by atoms with Gasteiger partial charge in [-0.3, -0.25) is 4.79 Å². The molecule has 0 saturated heterocycles. The maximum absolute atomic E-state index is 12.3. The second-order valence-electron chi connectivity index (χ2n) is 4.26. The van der Waals surface area contributed by atoms with E-state index in [9.17, 15) is 4.79 Å². The summed E-state index contributed by atoms with van der Waals surface area (Å²) in [6.07, 6.45) is 0.862. The molecule has 1 aliphatic rings. The second-order valence-corrected chi connectivity index (χ2v) is 5.15. The van der Waals surface area contributed by atoms with Crippen molar-refractivity contribution < 1.29 is 4.79 Å². The van der Waals surface area contributed by atoms with Gasteiger partial charge < -0.3 is 10.2 Å². The van der Waals surface area contributed by atoms with Gasteiger partial charge in [-0.1, -0.05) is 0 Å². The number of fused-ring (bicyclic) bond motifs is 1. The Morgan fingerprint density at radius 1 is 1.62 bits per heavy atom. The van der Waals surface area contributed by atoms with E-state index in [1.165, 1.54) is 0 Å². The molecule has 0 aromatic carbocycles. The van der Waals surface area contributed by atoms with Gasteiger partial charge in [0, 0.05) is 19.0 Å². The highest BCUT2D eigenvalue weighted by Gasteiger charge is 2.32. The molecule has 0 spiro atoms. The van der Waals surface area contributed by atoms with Crippen LogP contribution in [-0.2, 0) is 11.2 Å². The number of thiazole rings is 1. The maximum Gasteiger partial charge on any atom is 0.245 e. The summed E-state index contributed by atoms with van der Waals surface area (Å²) >= 11 is 1.57. The Hall–Kier alpha value is -0.940. The quantitative estimate of drug-likeness (QED) is 0.843. The molecule has 16 heavy (non-hydrogen) atoms. The first-order valence-corrected chi connectivity index (χ1v) is 6.43. The van der Waals surface area contributed by atoms with Gasteiger partial charge in [-0.25, -0.2) is 4.98 Å². The van der Waals surface area contributed by atoms with Gasteiger partial charge in [0.2, 0.25) is 5.91 Å². The molecule has 0 radical (unpaired) electrons. The molecule has 0 bridgehead atoms. The fourth-order valence-electron chi connectivity index (χ4n) is 2.08. The minimum atomic E-state index is -0.215. The number of rotatable bonds is 2. The summed E-state index contributed by atoms with van der Waals surface area (Å²) in [5.74, 6) is 0.167. The second kappa shape index (κ2) is 4.51. The lowest BCUT2D eigenvalue weighted by molar-refractivity contribution is -0.134. The van der Waals surface area contributed by atoms with E-state index in [0.717, 1.165) is 23.5 Å². The predicted octanol–water partition coefficient (Wildman–Crippen LogP) is 1.20. The number of nitrogens with zero attached hydrogens (tertiary/aromatic N) is 2. The van der Waals surface area contributed by atoms with Crippen LogP contribution in [0.3, 0.4) is 0 Å². The molecule has 1 N–H and O–H groups in total. The average Bonchev–Trinajstić information content (AvgIpc) is 2.63. The number of likely N-dealkylation sites (N-methyl/N-ethyl adjacent to an activating group) is 1. The standard InChI is InChI=1S/C11H17N3OS/c1-7(2)14-5-4-8-10(16-6-13-8)9(12-3)11(14)15/h6-7,9,12H,4-5H2,1-3H3. The largest absolute Gasteiger partial charge is 0.338 e. The van der Waals surface area contributed by atoms with Crippen LogP contribution < -0.4 is 5.32 Å². The van der Waals surface area contributed by atoms with Crippen molar-refractivity contribution in [3.63, 3.8) is 0 Å². The molecule has 2 rings (SSSR count). The van der Waals surface area contributed by atoms with Gasteiger partial charge in [0.05, 0.1) is 16.1 Å². The summed E-state index contributed by atoms with van der Waals surface area (Å²) in [6, 6.07) is 0.0322. The minimum Gasteiger partial charge on any atom is -0.338 e. The van der Waals surface area contributed by atoms with Crippen molar-refractivity contribution in [2.45, 2.75) is 32.4 Å². The molecule has 1 aromatic heterocycles. The molecule has 1 atom stereocenters. The van der Waals surface area contributed by atoms with Crippen molar-refractivity contribution in [2.24, 2.45) is 0 Å². The molecule has 2 heterocycles. The Bertz CT molecular complexity index is 388. The predicted molar refractivity (Wildman–Crippen MR) is 64.5 cm³/mol. The van der Waals surface area contributed by atoms with E-state index in [1.807, 2.05) is 17.5 Å². The van der Waals surface area contributed by atoms with Crippen molar-refractivity contribution in [3.8, 4) is 0 Å². The monoisotopic (exact) mass is 239 g/mol. The van der Waals surface area contributed by atoms with Crippen LogP contribution in [0.1, 0.15) is 30.5 Å². The zero-order chi connectivity index (χ0) is 11.7. The fraction of sp³-hybridized carbons (Fsp3) is 0.636. The number of hydrogen-bond acceptors (Lipinski definition) is 4. The SMILES string of the molecule is CNC1C(=O)N(C(C)C)CCc2ncsc21. The molecule has 5 heteroatoms. The zero-order valence-electron chi connectivity index (χ0n) is 9.86. The molecular weight excluding hydrogens is 222 g/mol. The number of hydrogen-bond donors (Lipinski definition) is 1. The number of amides is 1. The van der Waals surface area contributed by atoms with E-state index in [2.05, 4.69) is 24.1 Å². The third-order valence-electron chi connectivity index (χ3n) is 2.97. The Morgan fingerprint density at radius 3 is 3.00 bits per heavy atom. The Balaban J connectivity index is 2.35. The molecule has 0 aliphatic carbocycles. The van der Waals surface area contributed by atoms with Gasteiger partial charge in [0.15, 0.2) is 0 Å². The van der Waals surface area contributed by atoms with Crippen LogP contribution >= 0.6 is 11.3 Å². The Labute approximate surface area is 99.7 Å². The highest BCUT2D eigenvalue weighted by molar-refractivity contribution is 7.10. The minimum absolute atomic E-state index is 0.167. The normalized spacial score (nSPS) is 21.1. The van der Waals surface area contributed by atoms with Crippen LogP contribution in [0.2, 0.25) is 0 Å². The smallest absolute Gasteiger partial charge is 0.245 e. The lowest BCUT2D eigenvalue weighted by Gasteiger charge is -2.27. The molecule has 0 fully saturated rings. The lowest BCUT2D eigenvalue weighted by atomic mass is 10.2. The molecular formula is C11H17N3OS. The summed E-state index contributed by atoms with van der Waals surface area (Å²) in [7, 11) is 1.83. The van der Waals surface area contributed by atoms with Gasteiger partial charge >= 0.3 is 0 Å². The van der Waals surface area contributed by atoms with E-state index in [0.29, 0.717) is 0 Å². The van der Waals surface area contributed by atoms with Gasteiger partial charge in [0.25, 0.3) is 0 Å². The first-order chi connectivity index (χ1) is 7.65. The summed E-state index contributed by atoms with van der Waals surface area (Å²) in [5.41, 5.74) is 2.90. The van der Waals surface area contributed by atoms with Crippen LogP contribution in [0.15, 0.2) is 5.51 Å². The van der Waals surface area contributed by atoms with E-state index in [4.69, 9.17) is 0 Å². The van der Waals surface area contributed by atoms with Crippen LogP contribution in [0, 0.1) is 0 Å². The summed E-state index contributed by atoms with van der Waals surface area (Å²) < 4.78 is 0. The summed E-state index contributed by atoms with van der Waals surface area (Å²) in [6.45, 7) is 4.88. The van der Waals surface area contributed by atoms with E-state index in [-0.39, 0.29) is 18.0 Å². The molecule has 1 amide bonds. The highest BCUT2D eigenvalue weighted by atomic mass is 32.1. The molecule has 88 valence electrons. The van der Waals surface area contributed by atoms with Gasteiger partial charge in [-0.15, -0.1) is 11.3 Å². The van der Waals surface area contributed by atoms with Crippen LogP contribution in [0.4, 0.5) is 0 Å². The molecule has 4 nitrogen and oxygen atoms in total. The van der Waals surface area contributed by atoms with E-state index >= 15 is 0 Å². The van der Waals surface area contributed by atoms with Crippen molar-refractivity contribution in [1.82, 2.24) is 15.2 Å². The number of nitrogens with one attached hydrogen (secondary N) is 1. The topological polar surface area (TPSA) is 45.2 Å². The highest BCUT2D eigenvalue weighted by Crippen LogP contribution is 2.28. The van der Waals surface area contributed by atoms with Crippen molar-refractivity contribution in [2.75, 3.05) is 13.6 Å². The first-order valence-electron chi connectivity index (χ1n) is 5.55. The van der Waals surface area contributed by atoms with Gasteiger partial charge in [0.1, 0.15) is 6.04 Å².